The van der Waals surface area contributed by atoms with Crippen molar-refractivity contribution in [1.82, 2.24) is 0 Å². The molecule has 0 bridgehead atoms. The Hall–Kier alpha value is -2.61. The number of hydrogen-bond acceptors (Lipinski definition) is 4. The molecule has 0 N–H and O–H groups in total. The highest BCUT2D eigenvalue weighted by atomic mass is 35.5. The summed E-state index contributed by atoms with van der Waals surface area (Å²) in [7, 11) is 0. The van der Waals surface area contributed by atoms with Crippen molar-refractivity contribution in [3.05, 3.63) is 75.3 Å². The van der Waals surface area contributed by atoms with Crippen LogP contribution in [-0.2, 0) is 9.53 Å². The molecule has 2 aromatic carbocycles. The van der Waals surface area contributed by atoms with Crippen LogP contribution in [0.1, 0.15) is 30.9 Å². The van der Waals surface area contributed by atoms with Gasteiger partial charge in [0, 0.05) is 27.2 Å². The van der Waals surface area contributed by atoms with E-state index < -0.39 is 17.8 Å². The Kier molecular flexibility index (Phi) is 6.18. The summed E-state index contributed by atoms with van der Waals surface area (Å²) >= 11 is 12.5. The van der Waals surface area contributed by atoms with Gasteiger partial charge >= 0.3 is 5.97 Å². The first kappa shape index (κ1) is 20.1. The number of nitrogens with zero attached hydrogens (tertiary/aromatic N) is 2. The highest BCUT2D eigenvalue weighted by Gasteiger charge is 2.40. The maximum absolute atomic E-state index is 13.0. The van der Waals surface area contributed by atoms with Crippen molar-refractivity contribution in [2.75, 3.05) is 6.61 Å². The summed E-state index contributed by atoms with van der Waals surface area (Å²) < 4.78 is 5.33. The summed E-state index contributed by atoms with van der Waals surface area (Å²) in [4.78, 5) is 17.6. The molecule has 142 valence electrons. The monoisotopic (exact) mass is 412 g/mol. The molecule has 1 heterocycles. The Morgan fingerprint density at radius 1 is 1.18 bits per heavy atom. The molecule has 2 atom stereocenters. The normalized spacial score (nSPS) is 19.0. The second-order valence-electron chi connectivity index (χ2n) is 6.35. The van der Waals surface area contributed by atoms with E-state index in [0.29, 0.717) is 32.6 Å². The molecule has 0 fully saturated rings. The summed E-state index contributed by atoms with van der Waals surface area (Å²) in [5.41, 5.74) is 2.84. The van der Waals surface area contributed by atoms with E-state index in [0.717, 1.165) is 5.56 Å². The smallest absolute Gasteiger partial charge is 0.336 e. The molecule has 0 spiro atoms. The molecular weight excluding hydrogens is 395 g/mol. The van der Waals surface area contributed by atoms with Gasteiger partial charge in [-0.05, 0) is 37.6 Å². The van der Waals surface area contributed by atoms with Crippen molar-refractivity contribution in [1.29, 1.82) is 5.26 Å². The number of ether oxygens (including phenoxy) is 1. The van der Waals surface area contributed by atoms with Crippen molar-refractivity contribution < 1.29 is 9.53 Å². The summed E-state index contributed by atoms with van der Waals surface area (Å²) in [6.07, 6.45) is 0. The first-order valence-electron chi connectivity index (χ1n) is 8.84. The first-order chi connectivity index (χ1) is 13.5. The fourth-order valence-electron chi connectivity index (χ4n) is 3.35. The molecule has 0 aromatic heterocycles. The van der Waals surface area contributed by atoms with Gasteiger partial charge in [0.25, 0.3) is 0 Å². The third-order valence-electron chi connectivity index (χ3n) is 4.63. The molecule has 0 radical (unpaired) electrons. The SMILES string of the molecule is CCOC(=O)C1=C(c2ccc(Cl)cc2)N=C(C)C(C#N)C1c1ccccc1Cl. The van der Waals surface area contributed by atoms with Crippen LogP contribution in [0, 0.1) is 17.2 Å². The molecule has 0 amide bonds. The molecule has 3 rings (SSSR count). The van der Waals surface area contributed by atoms with Gasteiger partial charge in [-0.25, -0.2) is 4.79 Å². The number of hydrogen-bond donors (Lipinski definition) is 0. The average molecular weight is 413 g/mol. The van der Waals surface area contributed by atoms with Gasteiger partial charge in [0.2, 0.25) is 0 Å². The lowest BCUT2D eigenvalue weighted by molar-refractivity contribution is -0.138. The van der Waals surface area contributed by atoms with Gasteiger partial charge in [-0.15, -0.1) is 0 Å². The lowest BCUT2D eigenvalue weighted by Crippen LogP contribution is -2.29. The van der Waals surface area contributed by atoms with Gasteiger partial charge < -0.3 is 4.74 Å². The molecule has 2 aromatic rings. The summed E-state index contributed by atoms with van der Waals surface area (Å²) in [5.74, 6) is -1.72. The van der Waals surface area contributed by atoms with Crippen LogP contribution in [0.2, 0.25) is 10.0 Å². The Morgan fingerprint density at radius 3 is 2.46 bits per heavy atom. The van der Waals surface area contributed by atoms with Gasteiger partial charge in [0.05, 0.1) is 29.9 Å². The van der Waals surface area contributed by atoms with Crippen LogP contribution in [0.3, 0.4) is 0 Å². The quantitative estimate of drug-likeness (QED) is 0.607. The minimum absolute atomic E-state index is 0.214. The predicted octanol–water partition coefficient (Wildman–Crippen LogP) is 5.67. The fraction of sp³-hybridized carbons (Fsp3) is 0.227. The highest BCUT2D eigenvalue weighted by Crippen LogP contribution is 2.44. The van der Waals surface area contributed by atoms with Crippen LogP contribution in [0.25, 0.3) is 5.70 Å². The van der Waals surface area contributed by atoms with Crippen LogP contribution in [0.15, 0.2) is 59.1 Å². The molecule has 6 heteroatoms. The minimum Gasteiger partial charge on any atom is -0.463 e. The number of benzene rings is 2. The van der Waals surface area contributed by atoms with Crippen LogP contribution in [0.4, 0.5) is 0 Å². The van der Waals surface area contributed by atoms with Crippen LogP contribution in [0.5, 0.6) is 0 Å². The zero-order valence-electron chi connectivity index (χ0n) is 15.4. The van der Waals surface area contributed by atoms with E-state index in [1.165, 1.54) is 0 Å². The second-order valence-corrected chi connectivity index (χ2v) is 7.19. The van der Waals surface area contributed by atoms with Gasteiger partial charge in [0.1, 0.15) is 0 Å². The van der Waals surface area contributed by atoms with E-state index in [1.54, 1.807) is 44.2 Å². The fourth-order valence-corrected chi connectivity index (χ4v) is 3.73. The first-order valence-corrected chi connectivity index (χ1v) is 9.60. The molecule has 1 aliphatic heterocycles. The van der Waals surface area contributed by atoms with E-state index in [-0.39, 0.29) is 6.61 Å². The number of esters is 1. The maximum Gasteiger partial charge on any atom is 0.336 e. The largest absolute Gasteiger partial charge is 0.463 e. The number of rotatable bonds is 4. The Labute approximate surface area is 174 Å². The summed E-state index contributed by atoms with van der Waals surface area (Å²) in [6, 6.07) is 16.6. The number of carbonyl (C=O) groups excluding carboxylic acids is 1. The van der Waals surface area contributed by atoms with E-state index in [9.17, 15) is 10.1 Å². The summed E-state index contributed by atoms with van der Waals surface area (Å²) in [6.45, 7) is 3.74. The van der Waals surface area contributed by atoms with Crippen molar-refractivity contribution in [2.24, 2.45) is 10.9 Å². The Bertz CT molecular complexity index is 1000. The lowest BCUT2D eigenvalue weighted by Gasteiger charge is -2.30. The molecule has 1 aliphatic rings. The van der Waals surface area contributed by atoms with Crippen molar-refractivity contribution in [2.45, 2.75) is 19.8 Å². The van der Waals surface area contributed by atoms with E-state index in [1.807, 2.05) is 18.2 Å². The number of aliphatic imine (C=N–C) groups is 1. The molecular formula is C22H18Cl2N2O2. The summed E-state index contributed by atoms with van der Waals surface area (Å²) in [5, 5.41) is 10.9. The van der Waals surface area contributed by atoms with Crippen molar-refractivity contribution in [3.63, 3.8) is 0 Å². The van der Waals surface area contributed by atoms with E-state index >= 15 is 0 Å². The zero-order chi connectivity index (χ0) is 20.3. The molecule has 2 unspecified atom stereocenters. The van der Waals surface area contributed by atoms with Crippen LogP contribution < -0.4 is 0 Å². The lowest BCUT2D eigenvalue weighted by atomic mass is 9.75. The average Bonchev–Trinajstić information content (AvgIpc) is 2.68. The minimum atomic E-state index is -0.629. The molecule has 0 saturated carbocycles. The highest BCUT2D eigenvalue weighted by molar-refractivity contribution is 6.31. The number of nitriles is 1. The van der Waals surface area contributed by atoms with E-state index in [4.69, 9.17) is 27.9 Å². The third-order valence-corrected chi connectivity index (χ3v) is 5.23. The third kappa shape index (κ3) is 3.82. The maximum atomic E-state index is 13.0. The molecule has 28 heavy (non-hydrogen) atoms. The van der Waals surface area contributed by atoms with Gasteiger partial charge in [-0.3, -0.25) is 4.99 Å². The topological polar surface area (TPSA) is 62.4 Å². The molecule has 0 aliphatic carbocycles. The van der Waals surface area contributed by atoms with Gasteiger partial charge in [0.15, 0.2) is 0 Å². The van der Waals surface area contributed by atoms with Crippen LogP contribution >= 0.6 is 23.2 Å². The van der Waals surface area contributed by atoms with Crippen LogP contribution in [-0.4, -0.2) is 18.3 Å². The van der Waals surface area contributed by atoms with Crippen molar-refractivity contribution in [3.8, 4) is 6.07 Å². The number of halogens is 2. The van der Waals surface area contributed by atoms with E-state index in [2.05, 4.69) is 11.1 Å². The van der Waals surface area contributed by atoms with Gasteiger partial charge in [-0.2, -0.15) is 5.26 Å². The predicted molar refractivity (Wildman–Crippen MR) is 111 cm³/mol. The van der Waals surface area contributed by atoms with Gasteiger partial charge in [-0.1, -0.05) is 53.5 Å². The molecule has 4 nitrogen and oxygen atoms in total. The number of carbonyl (C=O) groups is 1. The zero-order valence-corrected chi connectivity index (χ0v) is 17.0. The van der Waals surface area contributed by atoms with Crippen molar-refractivity contribution >= 4 is 40.6 Å². The Balaban J connectivity index is 2.31. The Morgan fingerprint density at radius 2 is 1.86 bits per heavy atom. The molecule has 0 saturated heterocycles. The second kappa shape index (κ2) is 8.60. The standard InChI is InChI=1S/C22H18Cl2N2O2/c1-3-28-22(27)20-19(16-6-4-5-7-18(16)24)17(12-25)13(2)26-21(20)14-8-10-15(23)11-9-14/h4-11,17,19H,3H2,1-2H3.